The molecule has 0 spiro atoms. The van der Waals surface area contributed by atoms with Gasteiger partial charge >= 0.3 is 0 Å². The third-order valence-corrected chi connectivity index (χ3v) is 3.87. The first-order valence-corrected chi connectivity index (χ1v) is 7.79. The van der Waals surface area contributed by atoms with Crippen LogP contribution in [0.25, 0.3) is 11.1 Å². The Bertz CT molecular complexity index is 722. The van der Waals surface area contributed by atoms with Crippen LogP contribution >= 0.6 is 0 Å². The molecule has 2 aromatic rings. The minimum Gasteiger partial charge on any atom is -0.440 e. The summed E-state index contributed by atoms with van der Waals surface area (Å²) in [5.74, 6) is 1.14. The summed E-state index contributed by atoms with van der Waals surface area (Å²) in [6.07, 6.45) is 6.98. The van der Waals surface area contributed by atoms with Crippen LogP contribution in [0.3, 0.4) is 0 Å². The Balaban J connectivity index is 1.74. The molecule has 0 bridgehead atoms. The lowest BCUT2D eigenvalue weighted by molar-refractivity contribution is -0.116. The molecule has 116 valence electrons. The molecule has 22 heavy (non-hydrogen) atoms. The Morgan fingerprint density at radius 2 is 2.23 bits per heavy atom. The van der Waals surface area contributed by atoms with Crippen molar-refractivity contribution in [3.8, 4) is 0 Å². The number of nitrogens with one attached hydrogen (secondary N) is 1. The highest BCUT2D eigenvalue weighted by molar-refractivity contribution is 5.93. The van der Waals surface area contributed by atoms with Crippen LogP contribution in [0.1, 0.15) is 45.9 Å². The van der Waals surface area contributed by atoms with Crippen molar-refractivity contribution < 1.29 is 9.21 Å². The number of anilines is 1. The van der Waals surface area contributed by atoms with Gasteiger partial charge in [-0.2, -0.15) is 0 Å². The molecule has 1 atom stereocenters. The fraction of sp³-hybridized carbons (Fsp3) is 0.444. The Labute approximate surface area is 130 Å². The number of allylic oxidation sites excluding steroid dienone is 2. The summed E-state index contributed by atoms with van der Waals surface area (Å²) in [5.41, 5.74) is 2.18. The van der Waals surface area contributed by atoms with Gasteiger partial charge in [-0.1, -0.05) is 32.9 Å². The molecule has 1 aromatic heterocycles. The van der Waals surface area contributed by atoms with Crippen LogP contribution in [-0.4, -0.2) is 10.9 Å². The summed E-state index contributed by atoms with van der Waals surface area (Å²) in [6, 6.07) is 5.60. The van der Waals surface area contributed by atoms with Crippen LogP contribution in [0.2, 0.25) is 0 Å². The monoisotopic (exact) mass is 298 g/mol. The lowest BCUT2D eigenvalue weighted by Gasteiger charge is -2.11. The van der Waals surface area contributed by atoms with E-state index in [0.29, 0.717) is 18.2 Å². The van der Waals surface area contributed by atoms with Crippen LogP contribution in [-0.2, 0) is 10.2 Å². The smallest absolute Gasteiger partial charge is 0.224 e. The van der Waals surface area contributed by atoms with Gasteiger partial charge in [0, 0.05) is 17.5 Å². The van der Waals surface area contributed by atoms with Crippen molar-refractivity contribution in [1.82, 2.24) is 4.98 Å². The number of hydrogen-bond acceptors (Lipinski definition) is 3. The first-order valence-electron chi connectivity index (χ1n) is 7.79. The molecule has 0 saturated carbocycles. The number of carbonyl (C=O) groups excluding carboxylic acids is 1. The van der Waals surface area contributed by atoms with Crippen LogP contribution in [0.5, 0.6) is 0 Å². The lowest BCUT2D eigenvalue weighted by Crippen LogP contribution is -2.14. The van der Waals surface area contributed by atoms with Gasteiger partial charge in [-0.3, -0.25) is 4.79 Å². The van der Waals surface area contributed by atoms with E-state index in [0.717, 1.165) is 29.6 Å². The van der Waals surface area contributed by atoms with Crippen LogP contribution in [0.15, 0.2) is 34.8 Å². The van der Waals surface area contributed by atoms with Crippen molar-refractivity contribution in [1.29, 1.82) is 0 Å². The fourth-order valence-electron chi connectivity index (χ4n) is 2.64. The number of oxazole rings is 1. The van der Waals surface area contributed by atoms with E-state index in [1.807, 2.05) is 18.2 Å². The maximum absolute atomic E-state index is 12.1. The van der Waals surface area contributed by atoms with Crippen LogP contribution in [0, 0.1) is 5.92 Å². The summed E-state index contributed by atoms with van der Waals surface area (Å²) < 4.78 is 5.77. The summed E-state index contributed by atoms with van der Waals surface area (Å²) in [4.78, 5) is 16.6. The molecule has 4 heteroatoms. The summed E-state index contributed by atoms with van der Waals surface area (Å²) in [5, 5.41) is 2.95. The zero-order valence-electron chi connectivity index (χ0n) is 13.3. The van der Waals surface area contributed by atoms with Gasteiger partial charge in [0.25, 0.3) is 0 Å². The highest BCUT2D eigenvalue weighted by Crippen LogP contribution is 2.27. The van der Waals surface area contributed by atoms with E-state index in [1.54, 1.807) is 0 Å². The van der Waals surface area contributed by atoms with E-state index >= 15 is 0 Å². The number of benzene rings is 1. The number of aromatic nitrogens is 1. The third-order valence-electron chi connectivity index (χ3n) is 3.87. The summed E-state index contributed by atoms with van der Waals surface area (Å²) >= 11 is 0. The molecule has 1 amide bonds. The predicted octanol–water partition coefficient (Wildman–Crippen LogP) is 4.42. The maximum Gasteiger partial charge on any atom is 0.224 e. The number of rotatable bonds is 3. The molecule has 0 unspecified atom stereocenters. The number of carbonyl (C=O) groups is 1. The summed E-state index contributed by atoms with van der Waals surface area (Å²) in [6.45, 7) is 6.19. The highest BCUT2D eigenvalue weighted by Gasteiger charge is 2.21. The van der Waals surface area contributed by atoms with E-state index in [9.17, 15) is 4.79 Å². The Hall–Kier alpha value is -2.10. The molecule has 3 rings (SSSR count). The first-order chi connectivity index (χ1) is 10.4. The molecule has 4 nitrogen and oxygen atoms in total. The number of fused-ring (bicyclic) bond motifs is 1. The third kappa shape index (κ3) is 3.21. The first kappa shape index (κ1) is 14.8. The van der Waals surface area contributed by atoms with Crippen molar-refractivity contribution in [2.45, 2.75) is 45.4 Å². The molecule has 0 fully saturated rings. The van der Waals surface area contributed by atoms with Gasteiger partial charge in [-0.15, -0.1) is 0 Å². The molecule has 1 aliphatic carbocycles. The van der Waals surface area contributed by atoms with Gasteiger partial charge in [0.15, 0.2) is 5.58 Å². The van der Waals surface area contributed by atoms with Gasteiger partial charge in [0.1, 0.15) is 5.52 Å². The topological polar surface area (TPSA) is 55.1 Å². The molecule has 1 N–H and O–H groups in total. The quantitative estimate of drug-likeness (QED) is 0.853. The Morgan fingerprint density at radius 1 is 1.41 bits per heavy atom. The van der Waals surface area contributed by atoms with Gasteiger partial charge < -0.3 is 9.73 Å². The minimum atomic E-state index is -0.128. The average Bonchev–Trinajstić information content (AvgIpc) is 3.06. The number of hydrogen-bond donors (Lipinski definition) is 1. The van der Waals surface area contributed by atoms with Crippen molar-refractivity contribution >= 4 is 22.7 Å². The second-order valence-electron chi connectivity index (χ2n) is 6.97. The van der Waals surface area contributed by atoms with Crippen molar-refractivity contribution in [2.24, 2.45) is 5.92 Å². The second kappa shape index (κ2) is 5.59. The van der Waals surface area contributed by atoms with E-state index in [-0.39, 0.29) is 11.3 Å². The molecular formula is C18H22N2O2. The van der Waals surface area contributed by atoms with Gasteiger partial charge in [-0.25, -0.2) is 4.98 Å². The molecule has 1 aliphatic rings. The zero-order valence-corrected chi connectivity index (χ0v) is 13.3. The van der Waals surface area contributed by atoms with Crippen LogP contribution < -0.4 is 5.32 Å². The molecule has 1 heterocycles. The van der Waals surface area contributed by atoms with E-state index < -0.39 is 0 Å². The van der Waals surface area contributed by atoms with Gasteiger partial charge in [0.2, 0.25) is 11.8 Å². The van der Waals surface area contributed by atoms with E-state index in [1.165, 1.54) is 0 Å². The Morgan fingerprint density at radius 3 is 2.91 bits per heavy atom. The van der Waals surface area contributed by atoms with Crippen molar-refractivity contribution in [3.05, 3.63) is 36.2 Å². The predicted molar refractivity (Wildman–Crippen MR) is 87.8 cm³/mol. The molecule has 0 aliphatic heterocycles. The lowest BCUT2D eigenvalue weighted by atomic mass is 9.97. The largest absolute Gasteiger partial charge is 0.440 e. The van der Waals surface area contributed by atoms with Crippen LogP contribution in [0.4, 0.5) is 5.69 Å². The van der Waals surface area contributed by atoms with Gasteiger partial charge in [0.05, 0.1) is 0 Å². The second-order valence-corrected chi connectivity index (χ2v) is 6.97. The summed E-state index contributed by atoms with van der Waals surface area (Å²) in [7, 11) is 0. The molecular weight excluding hydrogens is 276 g/mol. The normalized spacial score (nSPS) is 18.0. The number of nitrogens with zero attached hydrogens (tertiary/aromatic N) is 1. The van der Waals surface area contributed by atoms with E-state index in [2.05, 4.69) is 43.2 Å². The SMILES string of the molecule is CC(C)(C)c1nc2cc(NC(=O)C[C@@H]3C=CCC3)ccc2o1. The Kier molecular flexibility index (Phi) is 3.77. The minimum absolute atomic E-state index is 0.0513. The van der Waals surface area contributed by atoms with Crippen molar-refractivity contribution in [2.75, 3.05) is 5.32 Å². The number of amides is 1. The fourth-order valence-corrected chi connectivity index (χ4v) is 2.64. The zero-order chi connectivity index (χ0) is 15.7. The highest BCUT2D eigenvalue weighted by atomic mass is 16.3. The molecule has 1 aromatic carbocycles. The average molecular weight is 298 g/mol. The van der Waals surface area contributed by atoms with Crippen molar-refractivity contribution in [3.63, 3.8) is 0 Å². The standard InChI is InChI=1S/C18H22N2O2/c1-18(2,3)17-20-14-11-13(8-9-15(14)22-17)19-16(21)10-12-6-4-5-7-12/h4,6,8-9,11-12H,5,7,10H2,1-3H3,(H,19,21)/t12-/m1/s1. The van der Waals surface area contributed by atoms with Gasteiger partial charge in [-0.05, 0) is 37.0 Å². The maximum atomic E-state index is 12.1. The molecule has 0 radical (unpaired) electrons. The van der Waals surface area contributed by atoms with E-state index in [4.69, 9.17) is 4.42 Å². The molecule has 0 saturated heterocycles.